The average Bonchev–Trinajstić information content (AvgIpc) is 3.12. The van der Waals surface area contributed by atoms with Gasteiger partial charge >= 0.3 is 6.18 Å². The van der Waals surface area contributed by atoms with Gasteiger partial charge in [0.05, 0.1) is 17.3 Å². The van der Waals surface area contributed by atoms with Gasteiger partial charge in [0.1, 0.15) is 17.3 Å². The van der Waals surface area contributed by atoms with Gasteiger partial charge in [-0.3, -0.25) is 20.4 Å². The summed E-state index contributed by atoms with van der Waals surface area (Å²) in [5.74, 6) is -3.64. The number of nitrogens with one attached hydrogen (secondary N) is 2. The van der Waals surface area contributed by atoms with Gasteiger partial charge in [-0.15, -0.1) is 0 Å². The number of rotatable bonds is 3. The first-order valence-corrected chi connectivity index (χ1v) is 7.99. The van der Waals surface area contributed by atoms with Gasteiger partial charge < -0.3 is 5.11 Å². The quantitative estimate of drug-likeness (QED) is 0.459. The number of nitrogens with zero attached hydrogens (tertiary/aromatic N) is 2. The number of carbonyl (C=O) groups excluding carboxylic acids is 2. The minimum absolute atomic E-state index is 0.203. The maximum absolute atomic E-state index is 13.9. The van der Waals surface area contributed by atoms with Crippen molar-refractivity contribution in [1.29, 1.82) is 0 Å². The van der Waals surface area contributed by atoms with Gasteiger partial charge in [-0.2, -0.15) is 18.3 Å². The van der Waals surface area contributed by atoms with Crippen LogP contribution in [0, 0.1) is 5.82 Å². The van der Waals surface area contributed by atoms with E-state index in [2.05, 4.69) is 5.10 Å². The standard InChI is InChI=1S/C18H12F4N4O3/c19-12-6-2-3-7-13(12)26-15(18(20,21)22)11(9-23-26)17(29)25-24-16(28)10-5-1-4-8-14(10)27/h1-9,27H,(H,24,28)(H,25,29). The summed E-state index contributed by atoms with van der Waals surface area (Å²) in [7, 11) is 0. The number of alkyl halides is 3. The van der Waals surface area contributed by atoms with Crippen molar-refractivity contribution in [1.82, 2.24) is 20.6 Å². The molecule has 3 aromatic rings. The molecule has 0 aliphatic carbocycles. The van der Waals surface area contributed by atoms with Crippen LogP contribution in [0.5, 0.6) is 5.75 Å². The Balaban J connectivity index is 1.89. The lowest BCUT2D eigenvalue weighted by Crippen LogP contribution is -2.42. The predicted octanol–water partition coefficient (Wildman–Crippen LogP) is 2.81. The monoisotopic (exact) mass is 408 g/mol. The molecule has 0 saturated heterocycles. The van der Waals surface area contributed by atoms with Crippen LogP contribution in [-0.2, 0) is 6.18 Å². The molecule has 1 heterocycles. The highest BCUT2D eigenvalue weighted by Gasteiger charge is 2.41. The minimum Gasteiger partial charge on any atom is -0.507 e. The third kappa shape index (κ3) is 4.03. The highest BCUT2D eigenvalue weighted by atomic mass is 19.4. The number of amides is 2. The van der Waals surface area contributed by atoms with Crippen LogP contribution in [0.2, 0.25) is 0 Å². The molecule has 0 aliphatic rings. The van der Waals surface area contributed by atoms with Gasteiger partial charge in [-0.1, -0.05) is 24.3 Å². The van der Waals surface area contributed by atoms with E-state index in [1.807, 2.05) is 10.9 Å². The third-order valence-corrected chi connectivity index (χ3v) is 3.80. The van der Waals surface area contributed by atoms with E-state index in [0.717, 1.165) is 12.1 Å². The van der Waals surface area contributed by atoms with Crippen molar-refractivity contribution in [2.24, 2.45) is 0 Å². The lowest BCUT2D eigenvalue weighted by Gasteiger charge is -2.13. The number of hydrazine groups is 1. The summed E-state index contributed by atoms with van der Waals surface area (Å²) in [6.07, 6.45) is -4.44. The minimum atomic E-state index is -5.05. The second kappa shape index (κ2) is 7.62. The molecule has 3 N–H and O–H groups in total. The zero-order valence-corrected chi connectivity index (χ0v) is 14.4. The van der Waals surface area contributed by atoms with Crippen LogP contribution >= 0.6 is 0 Å². The zero-order chi connectivity index (χ0) is 21.2. The number of phenols is 1. The van der Waals surface area contributed by atoms with Crippen LogP contribution in [0.15, 0.2) is 54.7 Å². The first-order valence-electron chi connectivity index (χ1n) is 7.99. The molecule has 0 radical (unpaired) electrons. The number of carbonyl (C=O) groups is 2. The van der Waals surface area contributed by atoms with Crippen LogP contribution in [0.1, 0.15) is 26.4 Å². The molecule has 0 saturated carbocycles. The average molecular weight is 408 g/mol. The van der Waals surface area contributed by atoms with Crippen LogP contribution in [0.3, 0.4) is 0 Å². The smallest absolute Gasteiger partial charge is 0.434 e. The number of hydrogen-bond donors (Lipinski definition) is 3. The molecule has 0 fully saturated rings. The van der Waals surface area contributed by atoms with Crippen molar-refractivity contribution < 1.29 is 32.3 Å². The molecule has 2 aromatic carbocycles. The van der Waals surface area contributed by atoms with E-state index in [0.29, 0.717) is 6.20 Å². The summed E-state index contributed by atoms with van der Waals surface area (Å²) >= 11 is 0. The number of aromatic hydroxyl groups is 1. The Morgan fingerprint density at radius 2 is 1.52 bits per heavy atom. The lowest BCUT2D eigenvalue weighted by molar-refractivity contribution is -0.143. The van der Waals surface area contributed by atoms with E-state index in [1.54, 1.807) is 0 Å². The second-order valence-electron chi connectivity index (χ2n) is 5.69. The van der Waals surface area contributed by atoms with E-state index < -0.39 is 40.8 Å². The summed E-state index contributed by atoms with van der Waals surface area (Å²) in [4.78, 5) is 24.2. The van der Waals surface area contributed by atoms with E-state index in [1.165, 1.54) is 36.4 Å². The fraction of sp³-hybridized carbons (Fsp3) is 0.0556. The zero-order valence-electron chi connectivity index (χ0n) is 14.4. The molecule has 2 amide bonds. The largest absolute Gasteiger partial charge is 0.507 e. The number of phenolic OH excluding ortho intramolecular Hbond substituents is 1. The lowest BCUT2D eigenvalue weighted by atomic mass is 10.2. The van der Waals surface area contributed by atoms with Gasteiger partial charge in [-0.05, 0) is 24.3 Å². The topological polar surface area (TPSA) is 96.3 Å². The molecule has 3 rings (SSSR count). The molecule has 150 valence electrons. The van der Waals surface area contributed by atoms with Crippen LogP contribution in [0.4, 0.5) is 17.6 Å². The Morgan fingerprint density at radius 3 is 2.14 bits per heavy atom. The maximum atomic E-state index is 13.9. The highest BCUT2D eigenvalue weighted by Crippen LogP contribution is 2.34. The van der Waals surface area contributed by atoms with Crippen molar-refractivity contribution >= 4 is 11.8 Å². The molecule has 11 heteroatoms. The Hall–Kier alpha value is -3.89. The van der Waals surface area contributed by atoms with Crippen molar-refractivity contribution in [2.75, 3.05) is 0 Å². The van der Waals surface area contributed by atoms with Crippen molar-refractivity contribution in [2.45, 2.75) is 6.18 Å². The SMILES string of the molecule is O=C(NNC(=O)c1cnn(-c2ccccc2F)c1C(F)(F)F)c1ccccc1O. The molecule has 0 unspecified atom stereocenters. The van der Waals surface area contributed by atoms with Gasteiger partial charge in [0.2, 0.25) is 0 Å². The molecule has 0 spiro atoms. The molecule has 0 aliphatic heterocycles. The van der Waals surface area contributed by atoms with E-state index in [4.69, 9.17) is 0 Å². The number of halogens is 4. The normalized spacial score (nSPS) is 11.2. The summed E-state index contributed by atoms with van der Waals surface area (Å²) in [6.45, 7) is 0. The van der Waals surface area contributed by atoms with E-state index >= 15 is 0 Å². The Labute approximate surface area is 160 Å². The summed E-state index contributed by atoms with van der Waals surface area (Å²) in [6, 6.07) is 9.98. The van der Waals surface area contributed by atoms with Crippen molar-refractivity contribution in [3.05, 3.63) is 77.4 Å². The molecule has 1 aromatic heterocycles. The van der Waals surface area contributed by atoms with Gasteiger partial charge in [-0.25, -0.2) is 9.07 Å². The van der Waals surface area contributed by atoms with Crippen LogP contribution < -0.4 is 10.9 Å². The molecule has 0 bridgehead atoms. The Kier molecular flexibility index (Phi) is 5.22. The molecular weight excluding hydrogens is 396 g/mol. The summed E-state index contributed by atoms with van der Waals surface area (Å²) < 4.78 is 54.8. The van der Waals surface area contributed by atoms with Crippen LogP contribution in [-0.4, -0.2) is 26.7 Å². The second-order valence-corrected chi connectivity index (χ2v) is 5.69. The summed E-state index contributed by atoms with van der Waals surface area (Å²) in [5.41, 5.74) is 0.565. The van der Waals surface area contributed by atoms with Crippen molar-refractivity contribution in [3.8, 4) is 11.4 Å². The number of para-hydroxylation sites is 2. The number of aromatic nitrogens is 2. The number of benzene rings is 2. The summed E-state index contributed by atoms with van der Waals surface area (Å²) in [5, 5.41) is 13.1. The fourth-order valence-electron chi connectivity index (χ4n) is 2.51. The maximum Gasteiger partial charge on any atom is 0.434 e. The third-order valence-electron chi connectivity index (χ3n) is 3.80. The Bertz CT molecular complexity index is 1080. The predicted molar refractivity (Wildman–Crippen MR) is 91.6 cm³/mol. The van der Waals surface area contributed by atoms with Crippen LogP contribution in [0.25, 0.3) is 5.69 Å². The van der Waals surface area contributed by atoms with Gasteiger partial charge in [0, 0.05) is 0 Å². The highest BCUT2D eigenvalue weighted by molar-refractivity contribution is 6.00. The molecule has 29 heavy (non-hydrogen) atoms. The first-order chi connectivity index (χ1) is 13.7. The van der Waals surface area contributed by atoms with E-state index in [-0.39, 0.29) is 16.0 Å². The molecule has 7 nitrogen and oxygen atoms in total. The fourth-order valence-corrected chi connectivity index (χ4v) is 2.51. The molecule has 0 atom stereocenters. The number of hydrogen-bond acceptors (Lipinski definition) is 4. The first kappa shape index (κ1) is 19.9. The van der Waals surface area contributed by atoms with E-state index in [9.17, 15) is 32.3 Å². The Morgan fingerprint density at radius 1 is 0.931 bits per heavy atom. The molecular formula is C18H12F4N4O3. The van der Waals surface area contributed by atoms with Gasteiger partial charge in [0.25, 0.3) is 11.8 Å². The van der Waals surface area contributed by atoms with Crippen molar-refractivity contribution in [3.63, 3.8) is 0 Å². The van der Waals surface area contributed by atoms with Gasteiger partial charge in [0.15, 0.2) is 5.69 Å².